The van der Waals surface area contributed by atoms with Crippen molar-refractivity contribution in [3.63, 3.8) is 0 Å². The van der Waals surface area contributed by atoms with Crippen LogP contribution in [0, 0.1) is 5.82 Å². The summed E-state index contributed by atoms with van der Waals surface area (Å²) in [6, 6.07) is 4.01. The van der Waals surface area contributed by atoms with Gasteiger partial charge in [-0.05, 0) is 37.5 Å². The van der Waals surface area contributed by atoms with Gasteiger partial charge in [-0.1, -0.05) is 0 Å². The molecule has 1 aliphatic heterocycles. The molecule has 0 bridgehead atoms. The molecule has 1 amide bonds. The lowest BCUT2D eigenvalue weighted by Crippen LogP contribution is -2.49. The minimum Gasteiger partial charge on any atom is -0.357 e. The molecule has 1 fully saturated rings. The number of amides is 1. The van der Waals surface area contributed by atoms with Crippen LogP contribution in [0.2, 0.25) is 0 Å². The molecule has 0 radical (unpaired) electrons. The van der Waals surface area contributed by atoms with E-state index in [4.69, 9.17) is 0 Å². The summed E-state index contributed by atoms with van der Waals surface area (Å²) in [5.41, 5.74) is 0.689. The lowest BCUT2D eigenvalue weighted by atomic mass is 10.00. The number of piperidine rings is 1. The molecule has 0 spiro atoms. The van der Waals surface area contributed by atoms with E-state index in [-0.39, 0.29) is 11.9 Å². The van der Waals surface area contributed by atoms with Crippen molar-refractivity contribution in [3.8, 4) is 0 Å². The third-order valence-electron chi connectivity index (χ3n) is 3.47. The van der Waals surface area contributed by atoms with Gasteiger partial charge in [0.2, 0.25) is 5.91 Å². The molecule has 1 unspecified atom stereocenters. The molecular weight excluding hydrogens is 247 g/mol. The maximum Gasteiger partial charge on any atom is 0.242 e. The fraction of sp³-hybridized carbons (Fsp3) is 0.429. The van der Waals surface area contributed by atoms with Crippen molar-refractivity contribution >= 4 is 17.9 Å². The van der Waals surface area contributed by atoms with Gasteiger partial charge in [-0.25, -0.2) is 4.39 Å². The number of halogens is 1. The highest BCUT2D eigenvalue weighted by atomic mass is 19.1. The Labute approximate surface area is 111 Å². The van der Waals surface area contributed by atoms with Gasteiger partial charge < -0.3 is 10.2 Å². The number of carbonyl (C=O) groups is 2. The van der Waals surface area contributed by atoms with Gasteiger partial charge in [0.25, 0.3) is 0 Å². The standard InChI is InChI=1S/C14H17FN2O2/c1-16-14(19)13-4-2-3-7-17(13)12-6-5-10(9-18)8-11(12)15/h5-6,8-9,13H,2-4,7H2,1H3,(H,16,19). The predicted octanol–water partition coefficient (Wildman–Crippen LogP) is 1.74. The summed E-state index contributed by atoms with van der Waals surface area (Å²) in [4.78, 5) is 24.3. The molecule has 4 nitrogen and oxygen atoms in total. The normalized spacial score (nSPS) is 19.1. The minimum atomic E-state index is -0.458. The van der Waals surface area contributed by atoms with Crippen molar-refractivity contribution in [1.29, 1.82) is 0 Å². The topological polar surface area (TPSA) is 49.4 Å². The van der Waals surface area contributed by atoms with Crippen molar-refractivity contribution in [2.24, 2.45) is 0 Å². The molecule has 1 aromatic rings. The number of likely N-dealkylation sites (N-methyl/N-ethyl adjacent to an activating group) is 1. The lowest BCUT2D eigenvalue weighted by molar-refractivity contribution is -0.122. The van der Waals surface area contributed by atoms with Gasteiger partial charge in [0.1, 0.15) is 18.1 Å². The molecule has 0 aromatic heterocycles. The Morgan fingerprint density at radius 3 is 2.89 bits per heavy atom. The molecule has 1 heterocycles. The van der Waals surface area contributed by atoms with Gasteiger partial charge in [0, 0.05) is 19.2 Å². The van der Waals surface area contributed by atoms with Crippen molar-refractivity contribution in [3.05, 3.63) is 29.6 Å². The first-order valence-corrected chi connectivity index (χ1v) is 6.40. The van der Waals surface area contributed by atoms with Crippen LogP contribution in [0.15, 0.2) is 18.2 Å². The summed E-state index contributed by atoms with van der Waals surface area (Å²) < 4.78 is 14.0. The Balaban J connectivity index is 2.32. The summed E-state index contributed by atoms with van der Waals surface area (Å²) in [6.07, 6.45) is 3.22. The fourth-order valence-corrected chi connectivity index (χ4v) is 2.49. The molecule has 102 valence electrons. The maximum absolute atomic E-state index is 14.0. The third-order valence-corrected chi connectivity index (χ3v) is 3.47. The molecule has 1 aromatic carbocycles. The maximum atomic E-state index is 14.0. The predicted molar refractivity (Wildman–Crippen MR) is 70.8 cm³/mol. The van der Waals surface area contributed by atoms with E-state index in [1.165, 1.54) is 6.07 Å². The van der Waals surface area contributed by atoms with E-state index in [1.54, 1.807) is 24.1 Å². The SMILES string of the molecule is CNC(=O)C1CCCCN1c1ccc(C=O)cc1F. The Kier molecular flexibility index (Phi) is 4.14. The van der Waals surface area contributed by atoms with E-state index in [2.05, 4.69) is 5.32 Å². The minimum absolute atomic E-state index is 0.0986. The highest BCUT2D eigenvalue weighted by molar-refractivity contribution is 5.85. The van der Waals surface area contributed by atoms with E-state index in [9.17, 15) is 14.0 Å². The Bertz CT molecular complexity index is 490. The summed E-state index contributed by atoms with van der Waals surface area (Å²) >= 11 is 0. The van der Waals surface area contributed by atoms with Crippen LogP contribution in [-0.4, -0.2) is 31.8 Å². The van der Waals surface area contributed by atoms with Crippen LogP contribution in [0.1, 0.15) is 29.6 Å². The van der Waals surface area contributed by atoms with Crippen LogP contribution < -0.4 is 10.2 Å². The summed E-state index contributed by atoms with van der Waals surface area (Å²) in [5, 5.41) is 2.62. The second kappa shape index (κ2) is 5.82. The molecule has 1 N–H and O–H groups in total. The van der Waals surface area contributed by atoms with E-state index >= 15 is 0 Å². The van der Waals surface area contributed by atoms with Gasteiger partial charge in [-0.15, -0.1) is 0 Å². The van der Waals surface area contributed by atoms with Gasteiger partial charge in [0.05, 0.1) is 5.69 Å². The zero-order valence-electron chi connectivity index (χ0n) is 10.9. The quantitative estimate of drug-likeness (QED) is 0.846. The Morgan fingerprint density at radius 2 is 2.26 bits per heavy atom. The lowest BCUT2D eigenvalue weighted by Gasteiger charge is -2.36. The van der Waals surface area contributed by atoms with Crippen LogP contribution in [-0.2, 0) is 4.79 Å². The van der Waals surface area contributed by atoms with Gasteiger partial charge in [-0.2, -0.15) is 0 Å². The summed E-state index contributed by atoms with van der Waals surface area (Å²) in [5.74, 6) is -0.557. The number of hydrogen-bond donors (Lipinski definition) is 1. The Hall–Kier alpha value is -1.91. The first-order valence-electron chi connectivity index (χ1n) is 6.40. The van der Waals surface area contributed by atoms with E-state index in [0.29, 0.717) is 30.5 Å². The smallest absolute Gasteiger partial charge is 0.242 e. The number of aldehydes is 1. The van der Waals surface area contributed by atoms with Crippen LogP contribution in [0.4, 0.5) is 10.1 Å². The first kappa shape index (κ1) is 13.5. The van der Waals surface area contributed by atoms with E-state index in [0.717, 1.165) is 12.8 Å². The molecule has 1 saturated heterocycles. The van der Waals surface area contributed by atoms with Gasteiger partial charge >= 0.3 is 0 Å². The molecule has 2 rings (SSSR count). The van der Waals surface area contributed by atoms with E-state index in [1.807, 2.05) is 0 Å². The number of nitrogens with one attached hydrogen (secondary N) is 1. The van der Waals surface area contributed by atoms with Crippen LogP contribution >= 0.6 is 0 Å². The third kappa shape index (κ3) is 2.75. The number of carbonyl (C=O) groups excluding carboxylic acids is 2. The number of anilines is 1. The molecule has 0 aliphatic carbocycles. The molecule has 1 atom stereocenters. The zero-order valence-corrected chi connectivity index (χ0v) is 10.9. The molecule has 1 aliphatic rings. The first-order chi connectivity index (χ1) is 9.17. The van der Waals surface area contributed by atoms with Crippen molar-refractivity contribution in [1.82, 2.24) is 5.32 Å². The number of benzene rings is 1. The number of nitrogens with zero attached hydrogens (tertiary/aromatic N) is 1. The number of hydrogen-bond acceptors (Lipinski definition) is 3. The number of rotatable bonds is 3. The molecule has 5 heteroatoms. The second-order valence-electron chi connectivity index (χ2n) is 4.65. The monoisotopic (exact) mass is 264 g/mol. The van der Waals surface area contributed by atoms with Crippen LogP contribution in [0.3, 0.4) is 0 Å². The van der Waals surface area contributed by atoms with Crippen molar-refractivity contribution < 1.29 is 14.0 Å². The average Bonchev–Trinajstić information content (AvgIpc) is 2.46. The highest BCUT2D eigenvalue weighted by Gasteiger charge is 2.29. The van der Waals surface area contributed by atoms with Crippen molar-refractivity contribution in [2.75, 3.05) is 18.5 Å². The summed E-state index contributed by atoms with van der Waals surface area (Å²) in [6.45, 7) is 0.648. The van der Waals surface area contributed by atoms with Gasteiger partial charge in [-0.3, -0.25) is 9.59 Å². The zero-order chi connectivity index (χ0) is 13.8. The highest BCUT2D eigenvalue weighted by Crippen LogP contribution is 2.27. The van der Waals surface area contributed by atoms with E-state index < -0.39 is 5.82 Å². The van der Waals surface area contributed by atoms with Crippen LogP contribution in [0.5, 0.6) is 0 Å². The van der Waals surface area contributed by atoms with Crippen LogP contribution in [0.25, 0.3) is 0 Å². The molecular formula is C14H17FN2O2. The summed E-state index contributed by atoms with van der Waals surface area (Å²) in [7, 11) is 1.58. The largest absolute Gasteiger partial charge is 0.357 e. The molecule has 0 saturated carbocycles. The average molecular weight is 264 g/mol. The second-order valence-corrected chi connectivity index (χ2v) is 4.65. The Morgan fingerprint density at radius 1 is 1.47 bits per heavy atom. The van der Waals surface area contributed by atoms with Crippen molar-refractivity contribution in [2.45, 2.75) is 25.3 Å². The molecule has 19 heavy (non-hydrogen) atoms. The van der Waals surface area contributed by atoms with Gasteiger partial charge in [0.15, 0.2) is 0 Å². The fourth-order valence-electron chi connectivity index (χ4n) is 2.49.